The predicted octanol–water partition coefficient (Wildman–Crippen LogP) is 0.574. The molecule has 2 aromatic rings. The molecule has 4 heterocycles. The van der Waals surface area contributed by atoms with Crippen molar-refractivity contribution in [3.05, 3.63) is 30.2 Å². The van der Waals surface area contributed by atoms with Gasteiger partial charge in [-0.1, -0.05) is 6.07 Å². The van der Waals surface area contributed by atoms with Gasteiger partial charge in [0.1, 0.15) is 17.8 Å². The third-order valence-corrected chi connectivity index (χ3v) is 5.01. The average Bonchev–Trinajstić information content (AvgIpc) is 3.17. The molecule has 0 bridgehead atoms. The van der Waals surface area contributed by atoms with E-state index in [1.807, 2.05) is 29.7 Å². The highest BCUT2D eigenvalue weighted by Gasteiger charge is 2.45. The molecular formula is C18H21N7O3. The van der Waals surface area contributed by atoms with Gasteiger partial charge in [-0.05, 0) is 32.9 Å². The Labute approximate surface area is 161 Å². The van der Waals surface area contributed by atoms with Gasteiger partial charge in [0.25, 0.3) is 5.91 Å². The molecule has 0 aromatic carbocycles. The van der Waals surface area contributed by atoms with Crippen LogP contribution < -0.4 is 5.32 Å². The van der Waals surface area contributed by atoms with E-state index < -0.39 is 17.5 Å². The molecule has 1 N–H and O–H groups in total. The van der Waals surface area contributed by atoms with Crippen LogP contribution in [0, 0.1) is 0 Å². The molecule has 10 heteroatoms. The summed E-state index contributed by atoms with van der Waals surface area (Å²) in [4.78, 5) is 44.0. The number of fused-ring (bicyclic) bond motifs is 1. The van der Waals surface area contributed by atoms with Gasteiger partial charge in [-0.3, -0.25) is 19.5 Å². The fourth-order valence-corrected chi connectivity index (χ4v) is 3.59. The van der Waals surface area contributed by atoms with E-state index in [4.69, 9.17) is 0 Å². The Balaban J connectivity index is 1.52. The average molecular weight is 383 g/mol. The summed E-state index contributed by atoms with van der Waals surface area (Å²) < 4.78 is 1.98. The molecule has 10 nitrogen and oxygen atoms in total. The van der Waals surface area contributed by atoms with E-state index in [2.05, 4.69) is 20.5 Å². The number of nitrogens with one attached hydrogen (secondary N) is 1. The first-order valence-electron chi connectivity index (χ1n) is 9.05. The summed E-state index contributed by atoms with van der Waals surface area (Å²) in [5.74, 6) is 0.592. The summed E-state index contributed by atoms with van der Waals surface area (Å²) >= 11 is 0. The molecule has 2 aliphatic rings. The number of amides is 4. The van der Waals surface area contributed by atoms with E-state index >= 15 is 0 Å². The minimum Gasteiger partial charge on any atom is -0.332 e. The molecule has 2 aliphatic heterocycles. The number of carbonyl (C=O) groups excluding carboxylic acids is 3. The van der Waals surface area contributed by atoms with Gasteiger partial charge in [-0.15, -0.1) is 10.2 Å². The molecule has 4 rings (SSSR count). The van der Waals surface area contributed by atoms with E-state index in [0.717, 1.165) is 10.6 Å². The van der Waals surface area contributed by atoms with Crippen molar-refractivity contribution in [2.24, 2.45) is 0 Å². The maximum atomic E-state index is 12.8. The van der Waals surface area contributed by atoms with Crippen molar-refractivity contribution in [2.75, 3.05) is 13.1 Å². The third-order valence-electron chi connectivity index (χ3n) is 5.01. The Morgan fingerprint density at radius 3 is 2.71 bits per heavy atom. The summed E-state index contributed by atoms with van der Waals surface area (Å²) in [7, 11) is 0. The molecular weight excluding hydrogens is 362 g/mol. The maximum Gasteiger partial charge on any atom is 0.325 e. The van der Waals surface area contributed by atoms with Gasteiger partial charge in [-0.2, -0.15) is 0 Å². The molecule has 0 aliphatic carbocycles. The van der Waals surface area contributed by atoms with Crippen LogP contribution in [-0.4, -0.2) is 66.0 Å². The highest BCUT2D eigenvalue weighted by atomic mass is 16.2. The highest BCUT2D eigenvalue weighted by molar-refractivity contribution is 6.08. The third kappa shape index (κ3) is 2.90. The number of hydrogen-bond donors (Lipinski definition) is 1. The zero-order valence-electron chi connectivity index (χ0n) is 15.9. The maximum absolute atomic E-state index is 12.8. The van der Waals surface area contributed by atoms with Crippen LogP contribution in [0.15, 0.2) is 24.4 Å². The van der Waals surface area contributed by atoms with Crippen LogP contribution in [0.3, 0.4) is 0 Å². The molecule has 0 unspecified atom stereocenters. The molecule has 4 amide bonds. The van der Waals surface area contributed by atoms with Crippen LogP contribution in [0.25, 0.3) is 11.5 Å². The molecule has 1 fully saturated rings. The summed E-state index contributed by atoms with van der Waals surface area (Å²) in [5.41, 5.74) is -0.279. The Morgan fingerprint density at radius 2 is 2.07 bits per heavy atom. The molecule has 0 radical (unpaired) electrons. The number of hydrogen-bond acceptors (Lipinski definition) is 6. The van der Waals surface area contributed by atoms with Crippen LogP contribution >= 0.6 is 0 Å². The van der Waals surface area contributed by atoms with Gasteiger partial charge in [0.15, 0.2) is 11.6 Å². The monoisotopic (exact) mass is 383 g/mol. The van der Waals surface area contributed by atoms with Crippen molar-refractivity contribution in [1.29, 1.82) is 0 Å². The second-order valence-corrected chi connectivity index (χ2v) is 7.59. The zero-order valence-corrected chi connectivity index (χ0v) is 15.9. The van der Waals surface area contributed by atoms with Crippen LogP contribution in [0.4, 0.5) is 4.79 Å². The summed E-state index contributed by atoms with van der Waals surface area (Å²) in [6.45, 7) is 5.59. The second-order valence-electron chi connectivity index (χ2n) is 7.59. The number of nitrogens with zero attached hydrogens (tertiary/aromatic N) is 6. The first kappa shape index (κ1) is 18.1. The van der Waals surface area contributed by atoms with Crippen molar-refractivity contribution in [2.45, 2.75) is 38.9 Å². The predicted molar refractivity (Wildman–Crippen MR) is 97.7 cm³/mol. The molecule has 1 saturated heterocycles. The van der Waals surface area contributed by atoms with E-state index in [9.17, 15) is 14.4 Å². The number of carbonyl (C=O) groups is 3. The number of aromatic nitrogens is 4. The van der Waals surface area contributed by atoms with Crippen LogP contribution in [0.2, 0.25) is 0 Å². The molecule has 2 aromatic heterocycles. The Morgan fingerprint density at radius 1 is 1.29 bits per heavy atom. The SMILES string of the molecule is C[C@H]1CN(C(=O)CN2C(=O)NC(C)(C)C2=O)Cc2nnc(-c3ccccn3)n21. The van der Waals surface area contributed by atoms with Crippen molar-refractivity contribution in [1.82, 2.24) is 34.9 Å². The molecule has 0 spiro atoms. The van der Waals surface area contributed by atoms with Gasteiger partial charge in [-0.25, -0.2) is 4.79 Å². The molecule has 146 valence electrons. The summed E-state index contributed by atoms with van der Waals surface area (Å²) in [6, 6.07) is 4.96. The Hall–Kier alpha value is -3.30. The normalized spacial score (nSPS) is 20.9. The molecule has 1 atom stereocenters. The van der Waals surface area contributed by atoms with E-state index in [1.54, 1.807) is 24.9 Å². The summed E-state index contributed by atoms with van der Waals surface area (Å²) in [6.07, 6.45) is 1.69. The standard InChI is InChI=1S/C18H21N7O3/c1-11-8-23(14(26)10-24-16(27)18(2,3)20-17(24)28)9-13-21-22-15(25(11)13)12-6-4-5-7-19-12/h4-7,11H,8-10H2,1-3H3,(H,20,28)/t11-/m0/s1. The van der Waals surface area contributed by atoms with Gasteiger partial charge in [0, 0.05) is 12.7 Å². The lowest BCUT2D eigenvalue weighted by Crippen LogP contribution is -2.47. The van der Waals surface area contributed by atoms with Crippen molar-refractivity contribution < 1.29 is 14.4 Å². The topological polar surface area (TPSA) is 113 Å². The van der Waals surface area contributed by atoms with Crippen LogP contribution in [-0.2, 0) is 16.1 Å². The van der Waals surface area contributed by atoms with Crippen molar-refractivity contribution in [3.8, 4) is 11.5 Å². The first-order chi connectivity index (χ1) is 13.3. The van der Waals surface area contributed by atoms with Crippen molar-refractivity contribution in [3.63, 3.8) is 0 Å². The number of rotatable bonds is 3. The fourth-order valence-electron chi connectivity index (χ4n) is 3.59. The van der Waals surface area contributed by atoms with E-state index in [0.29, 0.717) is 18.2 Å². The first-order valence-corrected chi connectivity index (χ1v) is 9.05. The largest absolute Gasteiger partial charge is 0.332 e. The quantitative estimate of drug-likeness (QED) is 0.776. The number of pyridine rings is 1. The highest BCUT2D eigenvalue weighted by Crippen LogP contribution is 2.26. The van der Waals surface area contributed by atoms with Gasteiger partial charge in [0.2, 0.25) is 5.91 Å². The summed E-state index contributed by atoms with van der Waals surface area (Å²) in [5, 5.41) is 11.0. The van der Waals surface area contributed by atoms with Crippen LogP contribution in [0.1, 0.15) is 32.6 Å². The second kappa shape index (κ2) is 6.39. The Kier molecular flexibility index (Phi) is 4.13. The minimum atomic E-state index is -0.996. The van der Waals surface area contributed by atoms with E-state index in [1.165, 1.54) is 0 Å². The fraction of sp³-hybridized carbons (Fsp3) is 0.444. The van der Waals surface area contributed by atoms with Crippen LogP contribution in [0.5, 0.6) is 0 Å². The van der Waals surface area contributed by atoms with Gasteiger partial charge >= 0.3 is 6.03 Å². The number of imide groups is 1. The van der Waals surface area contributed by atoms with Gasteiger partial charge in [0.05, 0.1) is 12.6 Å². The lowest BCUT2D eigenvalue weighted by molar-refractivity contribution is -0.139. The zero-order chi connectivity index (χ0) is 20.1. The minimum absolute atomic E-state index is 0.0701. The molecule has 28 heavy (non-hydrogen) atoms. The van der Waals surface area contributed by atoms with Crippen molar-refractivity contribution >= 4 is 17.8 Å². The molecule has 0 saturated carbocycles. The smallest absolute Gasteiger partial charge is 0.325 e. The van der Waals surface area contributed by atoms with Gasteiger partial charge < -0.3 is 14.8 Å². The Bertz CT molecular complexity index is 953. The lowest BCUT2D eigenvalue weighted by Gasteiger charge is -2.33. The number of urea groups is 1. The lowest BCUT2D eigenvalue weighted by atomic mass is 10.1. The van der Waals surface area contributed by atoms with E-state index in [-0.39, 0.29) is 25.0 Å².